The third-order valence-electron chi connectivity index (χ3n) is 1.83. The summed E-state index contributed by atoms with van der Waals surface area (Å²) in [5.41, 5.74) is 2.68. The van der Waals surface area contributed by atoms with Gasteiger partial charge in [0.1, 0.15) is 0 Å². The fourth-order valence-electron chi connectivity index (χ4n) is 1.03. The molecule has 0 aliphatic heterocycles. The zero-order valence-electron chi connectivity index (χ0n) is 7.19. The van der Waals surface area contributed by atoms with Crippen LogP contribution in [0.4, 0.5) is 0 Å². The molecule has 0 aromatic heterocycles. The maximum atomic E-state index is 5.16. The Morgan fingerprint density at radius 1 is 1.40 bits per heavy atom. The summed E-state index contributed by atoms with van der Waals surface area (Å²) in [5.74, 6) is 5.99. The van der Waals surface area contributed by atoms with Gasteiger partial charge in [-0.05, 0) is 12.3 Å². The highest BCUT2D eigenvalue weighted by molar-refractivity contribution is 4.53. The Labute approximate surface area is 64.2 Å². The van der Waals surface area contributed by atoms with Gasteiger partial charge in [0, 0.05) is 6.54 Å². The zero-order chi connectivity index (χ0) is 7.82. The van der Waals surface area contributed by atoms with Gasteiger partial charge >= 0.3 is 0 Å². The fourth-order valence-corrected chi connectivity index (χ4v) is 1.03. The number of rotatable bonds is 6. The van der Waals surface area contributed by atoms with Crippen LogP contribution < -0.4 is 11.3 Å². The molecular weight excluding hydrogens is 124 g/mol. The lowest BCUT2D eigenvalue weighted by Gasteiger charge is -2.08. The summed E-state index contributed by atoms with van der Waals surface area (Å²) in [5, 5.41) is 0. The van der Waals surface area contributed by atoms with Crippen molar-refractivity contribution in [3.63, 3.8) is 0 Å². The summed E-state index contributed by atoms with van der Waals surface area (Å²) in [6.07, 6.45) is 5.21. The Bertz CT molecular complexity index is 56.3. The predicted molar refractivity (Wildman–Crippen MR) is 45.5 cm³/mol. The van der Waals surface area contributed by atoms with Gasteiger partial charge in [-0.1, -0.05) is 33.1 Å². The van der Waals surface area contributed by atoms with Crippen LogP contribution in [0, 0.1) is 5.92 Å². The molecule has 0 bridgehead atoms. The van der Waals surface area contributed by atoms with Gasteiger partial charge < -0.3 is 0 Å². The van der Waals surface area contributed by atoms with E-state index in [9.17, 15) is 0 Å². The quantitative estimate of drug-likeness (QED) is 0.439. The highest BCUT2D eigenvalue weighted by Gasteiger charge is 1.98. The number of unbranched alkanes of at least 4 members (excludes halogenated alkanes) is 1. The number of hydrazine groups is 1. The molecule has 62 valence electrons. The first-order valence-electron chi connectivity index (χ1n) is 4.24. The number of hydrogen-bond acceptors (Lipinski definition) is 2. The van der Waals surface area contributed by atoms with Crippen LogP contribution in [-0.2, 0) is 0 Å². The van der Waals surface area contributed by atoms with Gasteiger partial charge in [-0.15, -0.1) is 0 Å². The van der Waals surface area contributed by atoms with E-state index in [2.05, 4.69) is 19.3 Å². The van der Waals surface area contributed by atoms with Crippen molar-refractivity contribution in [2.75, 3.05) is 6.54 Å². The van der Waals surface area contributed by atoms with E-state index < -0.39 is 0 Å². The minimum atomic E-state index is 0.830. The highest BCUT2D eigenvalue weighted by atomic mass is 15.2. The minimum absolute atomic E-state index is 0.830. The van der Waals surface area contributed by atoms with Crippen molar-refractivity contribution in [2.45, 2.75) is 39.5 Å². The second-order valence-corrected chi connectivity index (χ2v) is 2.99. The van der Waals surface area contributed by atoms with E-state index in [1.807, 2.05) is 0 Å². The molecule has 0 aromatic rings. The van der Waals surface area contributed by atoms with Gasteiger partial charge in [-0.25, -0.2) is 0 Å². The highest BCUT2D eigenvalue weighted by Crippen LogP contribution is 2.10. The van der Waals surface area contributed by atoms with Gasteiger partial charge in [0.05, 0.1) is 0 Å². The van der Waals surface area contributed by atoms with E-state index >= 15 is 0 Å². The summed E-state index contributed by atoms with van der Waals surface area (Å²) in [6.45, 7) is 5.46. The SMILES string of the molecule is CCCCC(C)CCNN. The Kier molecular flexibility index (Phi) is 6.98. The molecule has 0 spiro atoms. The molecule has 0 amide bonds. The lowest BCUT2D eigenvalue weighted by atomic mass is 10.0. The molecule has 1 atom stereocenters. The van der Waals surface area contributed by atoms with Gasteiger partial charge in [0.15, 0.2) is 0 Å². The van der Waals surface area contributed by atoms with E-state index in [1.165, 1.54) is 25.7 Å². The third-order valence-corrected chi connectivity index (χ3v) is 1.83. The van der Waals surface area contributed by atoms with Gasteiger partial charge in [0.2, 0.25) is 0 Å². The first-order valence-corrected chi connectivity index (χ1v) is 4.24. The standard InChI is InChI=1S/C8H20N2/c1-3-4-5-8(2)6-7-10-9/h8,10H,3-7,9H2,1-2H3. The van der Waals surface area contributed by atoms with E-state index in [0.29, 0.717) is 0 Å². The summed E-state index contributed by atoms with van der Waals surface area (Å²) < 4.78 is 0. The molecule has 0 fully saturated rings. The van der Waals surface area contributed by atoms with Crippen LogP contribution >= 0.6 is 0 Å². The van der Waals surface area contributed by atoms with Crippen LogP contribution in [0.2, 0.25) is 0 Å². The predicted octanol–water partition coefficient (Wildman–Crippen LogP) is 1.67. The molecule has 0 aliphatic carbocycles. The topological polar surface area (TPSA) is 38.0 Å². The maximum absolute atomic E-state index is 5.16. The van der Waals surface area contributed by atoms with Gasteiger partial charge in [-0.3, -0.25) is 11.3 Å². The van der Waals surface area contributed by atoms with Crippen LogP contribution in [-0.4, -0.2) is 6.54 Å². The Balaban J connectivity index is 3.00. The van der Waals surface area contributed by atoms with E-state index in [4.69, 9.17) is 5.84 Å². The molecule has 0 radical (unpaired) electrons. The molecule has 0 saturated carbocycles. The van der Waals surface area contributed by atoms with Gasteiger partial charge in [0.25, 0.3) is 0 Å². The number of nitrogens with two attached hydrogens (primary N) is 1. The monoisotopic (exact) mass is 144 g/mol. The molecule has 0 heterocycles. The second-order valence-electron chi connectivity index (χ2n) is 2.99. The van der Waals surface area contributed by atoms with Crippen molar-refractivity contribution in [2.24, 2.45) is 11.8 Å². The van der Waals surface area contributed by atoms with Crippen LogP contribution in [0.15, 0.2) is 0 Å². The molecule has 2 nitrogen and oxygen atoms in total. The lowest BCUT2D eigenvalue weighted by Crippen LogP contribution is -2.24. The van der Waals surface area contributed by atoms with Crippen molar-refractivity contribution in [1.82, 2.24) is 5.43 Å². The van der Waals surface area contributed by atoms with Crippen molar-refractivity contribution in [1.29, 1.82) is 0 Å². The number of hydrogen-bond donors (Lipinski definition) is 2. The molecule has 0 rings (SSSR count). The normalized spacial score (nSPS) is 13.5. The first-order chi connectivity index (χ1) is 4.81. The van der Waals surface area contributed by atoms with E-state index in [0.717, 1.165) is 12.5 Å². The zero-order valence-corrected chi connectivity index (χ0v) is 7.19. The number of nitrogens with one attached hydrogen (secondary N) is 1. The molecule has 1 unspecified atom stereocenters. The van der Waals surface area contributed by atoms with Crippen molar-refractivity contribution >= 4 is 0 Å². The molecule has 0 aliphatic rings. The van der Waals surface area contributed by atoms with Crippen molar-refractivity contribution in [3.05, 3.63) is 0 Å². The summed E-state index contributed by atoms with van der Waals surface area (Å²) in [4.78, 5) is 0. The largest absolute Gasteiger partial charge is 0.271 e. The van der Waals surface area contributed by atoms with Crippen LogP contribution in [0.1, 0.15) is 39.5 Å². The Morgan fingerprint density at radius 2 is 2.10 bits per heavy atom. The van der Waals surface area contributed by atoms with Gasteiger partial charge in [-0.2, -0.15) is 0 Å². The molecule has 10 heavy (non-hydrogen) atoms. The average Bonchev–Trinajstić information content (AvgIpc) is 1.97. The first kappa shape index (κ1) is 9.92. The van der Waals surface area contributed by atoms with Crippen LogP contribution in [0.25, 0.3) is 0 Å². The molecule has 3 N–H and O–H groups in total. The van der Waals surface area contributed by atoms with Crippen LogP contribution in [0.3, 0.4) is 0 Å². The molecule has 0 aromatic carbocycles. The molecule has 0 saturated heterocycles. The third kappa shape index (κ3) is 6.05. The maximum Gasteiger partial charge on any atom is 0.00999 e. The average molecular weight is 144 g/mol. The lowest BCUT2D eigenvalue weighted by molar-refractivity contribution is 0.457. The smallest absolute Gasteiger partial charge is 0.00999 e. The Morgan fingerprint density at radius 3 is 2.60 bits per heavy atom. The molecular formula is C8H20N2. The van der Waals surface area contributed by atoms with Crippen molar-refractivity contribution in [3.8, 4) is 0 Å². The van der Waals surface area contributed by atoms with E-state index in [1.54, 1.807) is 0 Å². The fraction of sp³-hybridized carbons (Fsp3) is 1.00. The van der Waals surface area contributed by atoms with E-state index in [-0.39, 0.29) is 0 Å². The second kappa shape index (κ2) is 7.03. The summed E-state index contributed by atoms with van der Waals surface area (Å²) >= 11 is 0. The Hall–Kier alpha value is -0.0800. The summed E-state index contributed by atoms with van der Waals surface area (Å²) in [6, 6.07) is 0. The summed E-state index contributed by atoms with van der Waals surface area (Å²) in [7, 11) is 0. The minimum Gasteiger partial charge on any atom is -0.271 e. The van der Waals surface area contributed by atoms with Crippen molar-refractivity contribution < 1.29 is 0 Å². The van der Waals surface area contributed by atoms with Crippen LogP contribution in [0.5, 0.6) is 0 Å². The molecule has 2 heteroatoms.